The molecule has 0 aliphatic carbocycles. The number of carbonyl (C=O) groups is 1. The van der Waals surface area contributed by atoms with Crippen LogP contribution in [0.1, 0.15) is 5.56 Å². The van der Waals surface area contributed by atoms with Gasteiger partial charge in [0.25, 0.3) is 5.91 Å². The second-order valence-corrected chi connectivity index (χ2v) is 7.32. The first-order valence-corrected chi connectivity index (χ1v) is 9.31. The maximum atomic E-state index is 12.4. The lowest BCUT2D eigenvalue weighted by Gasteiger charge is -2.33. The predicted octanol–water partition coefficient (Wildman–Crippen LogP) is 2.35. The molecule has 0 atom stereocenters. The lowest BCUT2D eigenvalue weighted by atomic mass is 10.2. The number of amides is 1. The van der Waals surface area contributed by atoms with Crippen LogP contribution in [0.3, 0.4) is 0 Å². The number of carbonyl (C=O) groups excluding carboxylic acids is 1. The summed E-state index contributed by atoms with van der Waals surface area (Å²) in [6.07, 6.45) is 0. The minimum Gasteiger partial charge on any atom is -0.508 e. The number of hydrogen-bond donors (Lipinski definition) is 3. The SMILES string of the molecule is Cc1ccc(Cl)c(NC(=O)C[NH+]2CCN(c3ccc(O)cc3)CC2)c1Cl. The molecule has 1 saturated heterocycles. The van der Waals surface area contributed by atoms with Crippen molar-refractivity contribution in [2.24, 2.45) is 0 Å². The molecule has 26 heavy (non-hydrogen) atoms. The number of aromatic hydroxyl groups is 1. The number of rotatable bonds is 4. The van der Waals surface area contributed by atoms with Gasteiger partial charge in [0.05, 0.1) is 41.9 Å². The van der Waals surface area contributed by atoms with E-state index in [0.717, 1.165) is 37.4 Å². The van der Waals surface area contributed by atoms with Gasteiger partial charge in [-0.2, -0.15) is 0 Å². The normalized spacial score (nSPS) is 15.1. The summed E-state index contributed by atoms with van der Waals surface area (Å²) < 4.78 is 0. The fourth-order valence-corrected chi connectivity index (χ4v) is 3.57. The van der Waals surface area contributed by atoms with Crippen LogP contribution >= 0.6 is 23.2 Å². The second kappa shape index (κ2) is 8.16. The number of hydrogen-bond acceptors (Lipinski definition) is 3. The molecule has 0 unspecified atom stereocenters. The molecule has 0 aromatic heterocycles. The molecule has 138 valence electrons. The van der Waals surface area contributed by atoms with E-state index in [1.807, 2.05) is 25.1 Å². The van der Waals surface area contributed by atoms with Crippen molar-refractivity contribution in [2.75, 3.05) is 42.9 Å². The van der Waals surface area contributed by atoms with E-state index in [0.29, 0.717) is 22.3 Å². The van der Waals surface area contributed by atoms with Crippen molar-refractivity contribution in [3.63, 3.8) is 0 Å². The molecule has 0 spiro atoms. The van der Waals surface area contributed by atoms with Crippen LogP contribution in [0.25, 0.3) is 0 Å². The van der Waals surface area contributed by atoms with Crippen molar-refractivity contribution < 1.29 is 14.8 Å². The molecule has 0 bridgehead atoms. The van der Waals surface area contributed by atoms with Gasteiger partial charge in [-0.05, 0) is 42.8 Å². The van der Waals surface area contributed by atoms with E-state index in [2.05, 4.69) is 10.2 Å². The Bertz CT molecular complexity index is 788. The van der Waals surface area contributed by atoms with Crippen molar-refractivity contribution in [3.8, 4) is 5.75 Å². The van der Waals surface area contributed by atoms with E-state index in [1.165, 1.54) is 4.90 Å². The highest BCUT2D eigenvalue weighted by atomic mass is 35.5. The summed E-state index contributed by atoms with van der Waals surface area (Å²) in [6.45, 7) is 5.71. The van der Waals surface area contributed by atoms with Gasteiger partial charge in [0.2, 0.25) is 0 Å². The molecule has 1 fully saturated rings. The van der Waals surface area contributed by atoms with Crippen molar-refractivity contribution >= 4 is 40.5 Å². The Balaban J connectivity index is 1.54. The quantitative estimate of drug-likeness (QED) is 0.745. The molecule has 2 aromatic rings. The van der Waals surface area contributed by atoms with E-state index in [4.69, 9.17) is 23.2 Å². The number of piperazine rings is 1. The van der Waals surface area contributed by atoms with E-state index in [9.17, 15) is 9.90 Å². The summed E-state index contributed by atoms with van der Waals surface area (Å²) in [4.78, 5) is 15.9. The Morgan fingerprint density at radius 3 is 2.46 bits per heavy atom. The highest BCUT2D eigenvalue weighted by Crippen LogP contribution is 2.32. The van der Waals surface area contributed by atoms with Gasteiger partial charge in [-0.15, -0.1) is 0 Å². The second-order valence-electron chi connectivity index (χ2n) is 6.53. The third-order valence-electron chi connectivity index (χ3n) is 4.64. The van der Waals surface area contributed by atoms with Gasteiger partial charge in [-0.1, -0.05) is 29.3 Å². The fourth-order valence-electron chi connectivity index (χ4n) is 3.10. The number of benzene rings is 2. The number of phenolic OH excluding ortho intramolecular Hbond substituents is 1. The zero-order valence-electron chi connectivity index (χ0n) is 14.6. The van der Waals surface area contributed by atoms with Crippen LogP contribution in [0, 0.1) is 6.92 Å². The number of phenols is 1. The van der Waals surface area contributed by atoms with Gasteiger partial charge in [-0.25, -0.2) is 0 Å². The van der Waals surface area contributed by atoms with Crippen LogP contribution in [0.2, 0.25) is 10.0 Å². The summed E-state index contributed by atoms with van der Waals surface area (Å²) >= 11 is 12.4. The van der Waals surface area contributed by atoms with Crippen LogP contribution < -0.4 is 15.1 Å². The topological polar surface area (TPSA) is 57.0 Å². The largest absolute Gasteiger partial charge is 0.508 e. The fraction of sp³-hybridized carbons (Fsp3) is 0.316. The highest BCUT2D eigenvalue weighted by molar-refractivity contribution is 6.40. The number of quaternary nitrogens is 1. The minimum absolute atomic E-state index is 0.0903. The van der Waals surface area contributed by atoms with Gasteiger partial charge < -0.3 is 20.2 Å². The molecule has 1 amide bonds. The van der Waals surface area contributed by atoms with Crippen molar-refractivity contribution in [1.82, 2.24) is 0 Å². The summed E-state index contributed by atoms with van der Waals surface area (Å²) in [5, 5.41) is 13.2. The number of anilines is 2. The van der Waals surface area contributed by atoms with Crippen molar-refractivity contribution in [3.05, 3.63) is 52.0 Å². The lowest BCUT2D eigenvalue weighted by molar-refractivity contribution is -0.892. The molecule has 3 N–H and O–H groups in total. The van der Waals surface area contributed by atoms with E-state index in [1.54, 1.807) is 18.2 Å². The Morgan fingerprint density at radius 1 is 1.15 bits per heavy atom. The van der Waals surface area contributed by atoms with Crippen LogP contribution in [0.5, 0.6) is 5.75 Å². The standard InChI is InChI=1S/C19H21Cl2N3O2/c1-13-2-7-16(20)19(18(13)21)22-17(26)12-23-8-10-24(11-9-23)14-3-5-15(25)6-4-14/h2-7,25H,8-12H2,1H3,(H,22,26)/p+1. The van der Waals surface area contributed by atoms with Crippen molar-refractivity contribution in [2.45, 2.75) is 6.92 Å². The zero-order valence-corrected chi connectivity index (χ0v) is 16.1. The first kappa shape index (κ1) is 18.8. The molecule has 0 saturated carbocycles. The average molecular weight is 395 g/mol. The maximum Gasteiger partial charge on any atom is 0.279 e. The smallest absolute Gasteiger partial charge is 0.279 e. The monoisotopic (exact) mass is 394 g/mol. The number of nitrogens with one attached hydrogen (secondary N) is 2. The van der Waals surface area contributed by atoms with Gasteiger partial charge >= 0.3 is 0 Å². The Hall–Kier alpha value is -1.95. The van der Waals surface area contributed by atoms with Crippen LogP contribution in [-0.2, 0) is 4.79 Å². The summed E-state index contributed by atoms with van der Waals surface area (Å²) in [5.74, 6) is 0.177. The third-order valence-corrected chi connectivity index (χ3v) is 5.45. The minimum atomic E-state index is -0.0903. The molecule has 1 heterocycles. The van der Waals surface area contributed by atoms with Gasteiger partial charge in [-0.3, -0.25) is 4.79 Å². The van der Waals surface area contributed by atoms with E-state index < -0.39 is 0 Å². The molecule has 5 nitrogen and oxygen atoms in total. The maximum absolute atomic E-state index is 12.4. The molecule has 0 radical (unpaired) electrons. The Labute approximate surface area is 163 Å². The number of aryl methyl sites for hydroxylation is 1. The van der Waals surface area contributed by atoms with Gasteiger partial charge in [0.15, 0.2) is 6.54 Å². The van der Waals surface area contributed by atoms with E-state index >= 15 is 0 Å². The lowest BCUT2D eigenvalue weighted by Crippen LogP contribution is -3.15. The summed E-state index contributed by atoms with van der Waals surface area (Å²) in [7, 11) is 0. The Morgan fingerprint density at radius 2 is 1.81 bits per heavy atom. The third kappa shape index (κ3) is 4.41. The predicted molar refractivity (Wildman–Crippen MR) is 106 cm³/mol. The zero-order chi connectivity index (χ0) is 18.7. The van der Waals surface area contributed by atoms with Gasteiger partial charge in [0, 0.05) is 5.69 Å². The molecule has 3 rings (SSSR count). The van der Waals surface area contributed by atoms with E-state index in [-0.39, 0.29) is 11.7 Å². The summed E-state index contributed by atoms with van der Waals surface area (Å²) in [6, 6.07) is 10.8. The molecular weight excluding hydrogens is 373 g/mol. The molecule has 1 aliphatic rings. The number of nitrogens with zero attached hydrogens (tertiary/aromatic N) is 1. The van der Waals surface area contributed by atoms with Crippen LogP contribution in [0.4, 0.5) is 11.4 Å². The van der Waals surface area contributed by atoms with Crippen LogP contribution in [-0.4, -0.2) is 43.7 Å². The molecule has 1 aliphatic heterocycles. The Kier molecular flexibility index (Phi) is 5.91. The molecule has 2 aromatic carbocycles. The summed E-state index contributed by atoms with van der Waals surface area (Å²) in [5.41, 5.74) is 2.45. The molecule has 7 heteroatoms. The van der Waals surface area contributed by atoms with Gasteiger partial charge in [0.1, 0.15) is 5.75 Å². The van der Waals surface area contributed by atoms with Crippen LogP contribution in [0.15, 0.2) is 36.4 Å². The van der Waals surface area contributed by atoms with Crippen molar-refractivity contribution in [1.29, 1.82) is 0 Å². The highest BCUT2D eigenvalue weighted by Gasteiger charge is 2.23. The number of halogens is 2. The average Bonchev–Trinajstić information content (AvgIpc) is 2.63. The first-order chi connectivity index (χ1) is 12.4. The molecular formula is C19H22Cl2N3O2+. The first-order valence-electron chi connectivity index (χ1n) is 8.56.